The molecular formula is C14H18F2N2O2. The van der Waals surface area contributed by atoms with Crippen molar-refractivity contribution in [2.45, 2.75) is 19.5 Å². The predicted octanol–water partition coefficient (Wildman–Crippen LogP) is 2.10. The highest BCUT2D eigenvalue weighted by atomic mass is 19.3. The van der Waals surface area contributed by atoms with Gasteiger partial charge in [0.15, 0.2) is 0 Å². The summed E-state index contributed by atoms with van der Waals surface area (Å²) >= 11 is 0. The van der Waals surface area contributed by atoms with Gasteiger partial charge in [-0.25, -0.2) is 0 Å². The van der Waals surface area contributed by atoms with E-state index in [1.165, 1.54) is 12.1 Å². The third-order valence-electron chi connectivity index (χ3n) is 3.48. The summed E-state index contributed by atoms with van der Waals surface area (Å²) < 4.78 is 29.1. The fourth-order valence-electron chi connectivity index (χ4n) is 2.50. The van der Waals surface area contributed by atoms with E-state index in [0.29, 0.717) is 25.6 Å². The molecule has 0 aromatic heterocycles. The Kier molecular flexibility index (Phi) is 4.89. The van der Waals surface area contributed by atoms with Gasteiger partial charge in [-0.05, 0) is 37.4 Å². The zero-order valence-electron chi connectivity index (χ0n) is 11.1. The lowest BCUT2D eigenvalue weighted by atomic mass is 10.1. The lowest BCUT2D eigenvalue weighted by Crippen LogP contribution is -2.29. The van der Waals surface area contributed by atoms with Crippen LogP contribution in [0.15, 0.2) is 24.3 Å². The van der Waals surface area contributed by atoms with Crippen molar-refractivity contribution in [2.24, 2.45) is 11.7 Å². The van der Waals surface area contributed by atoms with E-state index in [4.69, 9.17) is 5.73 Å². The first kappa shape index (κ1) is 14.7. The van der Waals surface area contributed by atoms with Crippen molar-refractivity contribution in [1.29, 1.82) is 0 Å². The topological polar surface area (TPSA) is 55.6 Å². The molecule has 1 fully saturated rings. The number of amides is 1. The molecule has 4 nitrogen and oxygen atoms in total. The Bertz CT molecular complexity index is 468. The van der Waals surface area contributed by atoms with Crippen molar-refractivity contribution < 1.29 is 18.3 Å². The third-order valence-corrected chi connectivity index (χ3v) is 3.48. The molecule has 1 heterocycles. The first-order valence-electron chi connectivity index (χ1n) is 6.65. The van der Waals surface area contributed by atoms with Crippen LogP contribution in [0.5, 0.6) is 5.75 Å². The standard InChI is InChI=1S/C14H18F2N2O2/c15-14(16)20-12-4-2-1-3-11(12)13(19)18-8-6-10(9-18)5-7-17/h1-4,10,14H,5-9,17H2. The number of rotatable bonds is 5. The van der Waals surface area contributed by atoms with Gasteiger partial charge in [0.05, 0.1) is 5.56 Å². The van der Waals surface area contributed by atoms with Crippen LogP contribution in [0.2, 0.25) is 0 Å². The van der Waals surface area contributed by atoms with Gasteiger partial charge in [-0.3, -0.25) is 4.79 Å². The largest absolute Gasteiger partial charge is 0.434 e. The van der Waals surface area contributed by atoms with Gasteiger partial charge in [0.25, 0.3) is 5.91 Å². The molecule has 1 amide bonds. The average molecular weight is 284 g/mol. The number of alkyl halides is 2. The van der Waals surface area contributed by atoms with E-state index in [0.717, 1.165) is 12.8 Å². The first-order chi connectivity index (χ1) is 9.61. The molecular weight excluding hydrogens is 266 g/mol. The Labute approximate surface area is 116 Å². The van der Waals surface area contributed by atoms with Crippen LogP contribution in [-0.4, -0.2) is 37.1 Å². The summed E-state index contributed by atoms with van der Waals surface area (Å²) in [4.78, 5) is 14.0. The molecule has 20 heavy (non-hydrogen) atoms. The Morgan fingerprint density at radius 2 is 2.20 bits per heavy atom. The van der Waals surface area contributed by atoms with Crippen molar-refractivity contribution in [3.63, 3.8) is 0 Å². The molecule has 1 saturated heterocycles. The second kappa shape index (κ2) is 6.65. The molecule has 0 saturated carbocycles. The maximum Gasteiger partial charge on any atom is 0.387 e. The van der Waals surface area contributed by atoms with Gasteiger partial charge in [0.1, 0.15) is 5.75 Å². The summed E-state index contributed by atoms with van der Waals surface area (Å²) in [6.45, 7) is -1.09. The van der Waals surface area contributed by atoms with Crippen molar-refractivity contribution >= 4 is 5.91 Å². The Morgan fingerprint density at radius 3 is 2.90 bits per heavy atom. The number of carbonyl (C=O) groups is 1. The summed E-state index contributed by atoms with van der Waals surface area (Å²) in [6, 6.07) is 6.10. The molecule has 1 aliphatic heterocycles. The zero-order valence-corrected chi connectivity index (χ0v) is 11.1. The van der Waals surface area contributed by atoms with Crippen LogP contribution in [0, 0.1) is 5.92 Å². The van der Waals surface area contributed by atoms with E-state index in [-0.39, 0.29) is 17.2 Å². The summed E-state index contributed by atoms with van der Waals surface area (Å²) in [5.41, 5.74) is 5.69. The summed E-state index contributed by atoms with van der Waals surface area (Å²) in [7, 11) is 0. The average Bonchev–Trinajstić information content (AvgIpc) is 2.87. The number of para-hydroxylation sites is 1. The smallest absolute Gasteiger partial charge is 0.387 e. The van der Waals surface area contributed by atoms with Crippen LogP contribution in [0.1, 0.15) is 23.2 Å². The highest BCUT2D eigenvalue weighted by Gasteiger charge is 2.28. The monoisotopic (exact) mass is 284 g/mol. The SMILES string of the molecule is NCCC1CCN(C(=O)c2ccccc2OC(F)F)C1. The Morgan fingerprint density at radius 1 is 1.45 bits per heavy atom. The minimum Gasteiger partial charge on any atom is -0.434 e. The van der Waals surface area contributed by atoms with Crippen LogP contribution in [-0.2, 0) is 0 Å². The molecule has 1 aromatic carbocycles. The van der Waals surface area contributed by atoms with E-state index in [1.807, 2.05) is 0 Å². The predicted molar refractivity (Wildman–Crippen MR) is 70.8 cm³/mol. The van der Waals surface area contributed by atoms with Crippen molar-refractivity contribution in [2.75, 3.05) is 19.6 Å². The quantitative estimate of drug-likeness (QED) is 0.901. The molecule has 1 atom stereocenters. The number of hydrogen-bond acceptors (Lipinski definition) is 3. The molecule has 2 rings (SSSR count). The van der Waals surface area contributed by atoms with E-state index in [2.05, 4.69) is 4.74 Å². The molecule has 1 aromatic rings. The van der Waals surface area contributed by atoms with Crippen molar-refractivity contribution in [1.82, 2.24) is 4.90 Å². The number of benzene rings is 1. The van der Waals surface area contributed by atoms with Crippen LogP contribution >= 0.6 is 0 Å². The molecule has 1 aliphatic rings. The highest BCUT2D eigenvalue weighted by molar-refractivity contribution is 5.97. The maximum absolute atomic E-state index is 12.4. The van der Waals surface area contributed by atoms with E-state index in [1.54, 1.807) is 17.0 Å². The molecule has 0 radical (unpaired) electrons. The van der Waals surface area contributed by atoms with Crippen molar-refractivity contribution in [3.8, 4) is 5.75 Å². The minimum atomic E-state index is -2.94. The normalized spacial score (nSPS) is 18.6. The fraction of sp³-hybridized carbons (Fsp3) is 0.500. The number of nitrogens with two attached hydrogens (primary N) is 1. The molecule has 0 bridgehead atoms. The van der Waals surface area contributed by atoms with E-state index < -0.39 is 6.61 Å². The molecule has 0 aliphatic carbocycles. The Balaban J connectivity index is 2.10. The molecule has 6 heteroatoms. The van der Waals surface area contributed by atoms with Gasteiger partial charge >= 0.3 is 6.61 Å². The van der Waals surface area contributed by atoms with E-state index >= 15 is 0 Å². The van der Waals surface area contributed by atoms with Gasteiger partial charge in [0, 0.05) is 13.1 Å². The summed E-state index contributed by atoms with van der Waals surface area (Å²) in [5.74, 6) is 0.0580. The number of carbonyl (C=O) groups excluding carboxylic acids is 1. The van der Waals surface area contributed by atoms with E-state index in [9.17, 15) is 13.6 Å². The second-order valence-electron chi connectivity index (χ2n) is 4.86. The number of nitrogens with zero attached hydrogens (tertiary/aromatic N) is 1. The minimum absolute atomic E-state index is 0.0743. The lowest BCUT2D eigenvalue weighted by molar-refractivity contribution is -0.0502. The van der Waals surface area contributed by atoms with Gasteiger partial charge < -0.3 is 15.4 Å². The lowest BCUT2D eigenvalue weighted by Gasteiger charge is -2.18. The Hall–Kier alpha value is -1.69. The molecule has 2 N–H and O–H groups in total. The number of ether oxygens (including phenoxy) is 1. The maximum atomic E-state index is 12.4. The highest BCUT2D eigenvalue weighted by Crippen LogP contribution is 2.26. The molecule has 0 spiro atoms. The van der Waals surface area contributed by atoms with Crippen LogP contribution < -0.4 is 10.5 Å². The van der Waals surface area contributed by atoms with Crippen LogP contribution in [0.3, 0.4) is 0 Å². The first-order valence-corrected chi connectivity index (χ1v) is 6.65. The fourth-order valence-corrected chi connectivity index (χ4v) is 2.50. The van der Waals surface area contributed by atoms with Crippen LogP contribution in [0.4, 0.5) is 8.78 Å². The van der Waals surface area contributed by atoms with Crippen molar-refractivity contribution in [3.05, 3.63) is 29.8 Å². The zero-order chi connectivity index (χ0) is 14.5. The van der Waals surface area contributed by atoms with Gasteiger partial charge in [-0.2, -0.15) is 8.78 Å². The summed E-state index contributed by atoms with van der Waals surface area (Å²) in [5, 5.41) is 0. The van der Waals surface area contributed by atoms with Gasteiger partial charge in [-0.15, -0.1) is 0 Å². The van der Waals surface area contributed by atoms with Gasteiger partial charge in [-0.1, -0.05) is 12.1 Å². The number of hydrogen-bond donors (Lipinski definition) is 1. The van der Waals surface area contributed by atoms with Gasteiger partial charge in [0.2, 0.25) is 0 Å². The third kappa shape index (κ3) is 3.45. The van der Waals surface area contributed by atoms with Crippen LogP contribution in [0.25, 0.3) is 0 Å². The molecule has 1 unspecified atom stereocenters. The molecule has 110 valence electrons. The summed E-state index contributed by atoms with van der Waals surface area (Å²) in [6.07, 6.45) is 1.78. The number of halogens is 2. The second-order valence-corrected chi connectivity index (χ2v) is 4.86. The number of likely N-dealkylation sites (tertiary alicyclic amines) is 1.